The van der Waals surface area contributed by atoms with Crippen LogP contribution in [0.1, 0.15) is 10.5 Å². The summed E-state index contributed by atoms with van der Waals surface area (Å²) < 4.78 is 7.69. The number of aromatic nitrogens is 2. The third kappa shape index (κ3) is 1.53. The lowest BCUT2D eigenvalue weighted by Gasteiger charge is -2.00. The van der Waals surface area contributed by atoms with E-state index in [0.717, 1.165) is 0 Å². The number of halogens is 1. The number of carboxylic acid groups (broad SMARTS) is 1. The fraction of sp³-hybridized carbons (Fsp3) is 0. The topological polar surface area (TPSA) is 67.7 Å². The van der Waals surface area contributed by atoms with Crippen LogP contribution in [0.4, 0.5) is 0 Å². The highest BCUT2D eigenvalue weighted by molar-refractivity contribution is 9.10. The van der Waals surface area contributed by atoms with Gasteiger partial charge in [0, 0.05) is 0 Å². The predicted molar refractivity (Wildman–Crippen MR) is 67.6 cm³/mol. The molecule has 0 atom stereocenters. The molecule has 5 nitrogen and oxygen atoms in total. The van der Waals surface area contributed by atoms with E-state index in [4.69, 9.17) is 9.52 Å². The maximum absolute atomic E-state index is 11.2. The van der Waals surface area contributed by atoms with Gasteiger partial charge in [-0.2, -0.15) is 0 Å². The highest BCUT2D eigenvalue weighted by atomic mass is 79.9. The maximum atomic E-state index is 11.2. The summed E-state index contributed by atoms with van der Waals surface area (Å²) in [6, 6.07) is 8.74. The SMILES string of the molecule is O=C(O)c1nc(-c2ccco2)n2c(Br)cccc12. The molecule has 3 rings (SSSR count). The van der Waals surface area contributed by atoms with Crippen molar-refractivity contribution in [2.75, 3.05) is 0 Å². The zero-order chi connectivity index (χ0) is 12.7. The van der Waals surface area contributed by atoms with Gasteiger partial charge in [0.2, 0.25) is 0 Å². The summed E-state index contributed by atoms with van der Waals surface area (Å²) in [6.07, 6.45) is 1.52. The van der Waals surface area contributed by atoms with Crippen LogP contribution in [0.2, 0.25) is 0 Å². The molecule has 0 fully saturated rings. The molecule has 18 heavy (non-hydrogen) atoms. The molecule has 3 heterocycles. The summed E-state index contributed by atoms with van der Waals surface area (Å²) in [6.45, 7) is 0. The molecule has 0 bridgehead atoms. The van der Waals surface area contributed by atoms with Crippen LogP contribution in [0, 0.1) is 0 Å². The van der Waals surface area contributed by atoms with E-state index < -0.39 is 5.97 Å². The second kappa shape index (κ2) is 3.99. The lowest BCUT2D eigenvalue weighted by Crippen LogP contribution is -1.97. The molecular weight excluding hydrogens is 300 g/mol. The minimum atomic E-state index is -1.07. The summed E-state index contributed by atoms with van der Waals surface area (Å²) >= 11 is 3.38. The van der Waals surface area contributed by atoms with Crippen LogP contribution in [0.5, 0.6) is 0 Å². The molecule has 1 N–H and O–H groups in total. The number of aromatic carboxylic acids is 1. The van der Waals surface area contributed by atoms with Gasteiger partial charge < -0.3 is 9.52 Å². The Hall–Kier alpha value is -2.08. The van der Waals surface area contributed by atoms with E-state index in [9.17, 15) is 4.79 Å². The molecule has 0 unspecified atom stereocenters. The van der Waals surface area contributed by atoms with Gasteiger partial charge in [-0.1, -0.05) is 6.07 Å². The molecule has 90 valence electrons. The molecule has 0 aliphatic carbocycles. The lowest BCUT2D eigenvalue weighted by molar-refractivity contribution is 0.0693. The molecule has 0 radical (unpaired) electrons. The van der Waals surface area contributed by atoms with Gasteiger partial charge >= 0.3 is 5.97 Å². The fourth-order valence-electron chi connectivity index (χ4n) is 1.82. The first-order chi connectivity index (χ1) is 8.68. The Morgan fingerprint density at radius 2 is 2.17 bits per heavy atom. The van der Waals surface area contributed by atoms with E-state index in [1.54, 1.807) is 28.7 Å². The minimum absolute atomic E-state index is 0.00250. The normalized spacial score (nSPS) is 10.9. The Labute approximate surface area is 110 Å². The van der Waals surface area contributed by atoms with Crippen molar-refractivity contribution in [3.8, 4) is 11.6 Å². The van der Waals surface area contributed by atoms with Gasteiger partial charge in [-0.25, -0.2) is 9.78 Å². The van der Waals surface area contributed by atoms with E-state index in [1.807, 2.05) is 6.07 Å². The third-order valence-electron chi connectivity index (χ3n) is 2.56. The van der Waals surface area contributed by atoms with Gasteiger partial charge in [-0.3, -0.25) is 4.40 Å². The van der Waals surface area contributed by atoms with Crippen molar-refractivity contribution in [3.05, 3.63) is 46.9 Å². The average Bonchev–Trinajstić information content (AvgIpc) is 2.95. The van der Waals surface area contributed by atoms with Crippen LogP contribution in [-0.4, -0.2) is 20.5 Å². The van der Waals surface area contributed by atoms with E-state index in [0.29, 0.717) is 21.7 Å². The van der Waals surface area contributed by atoms with Crippen LogP contribution in [0.25, 0.3) is 17.1 Å². The number of imidazole rings is 1. The van der Waals surface area contributed by atoms with Crippen molar-refractivity contribution in [2.45, 2.75) is 0 Å². The second-order valence-electron chi connectivity index (χ2n) is 3.64. The quantitative estimate of drug-likeness (QED) is 0.739. The van der Waals surface area contributed by atoms with Crippen LogP contribution in [0.15, 0.2) is 45.6 Å². The highest BCUT2D eigenvalue weighted by Crippen LogP contribution is 2.27. The standard InChI is InChI=1S/C12H7BrN2O3/c13-9-5-1-3-7-10(12(16)17)14-11(15(7)9)8-4-2-6-18-8/h1-6H,(H,16,17). The summed E-state index contributed by atoms with van der Waals surface area (Å²) in [5.74, 6) is -0.0901. The number of pyridine rings is 1. The Balaban J connectivity index is 2.42. The monoisotopic (exact) mass is 306 g/mol. The van der Waals surface area contributed by atoms with E-state index in [1.165, 1.54) is 6.26 Å². The van der Waals surface area contributed by atoms with Crippen molar-refractivity contribution in [1.82, 2.24) is 9.38 Å². The Kier molecular flexibility index (Phi) is 2.45. The van der Waals surface area contributed by atoms with E-state index in [2.05, 4.69) is 20.9 Å². The van der Waals surface area contributed by atoms with Crippen molar-refractivity contribution in [2.24, 2.45) is 0 Å². The number of hydrogen-bond acceptors (Lipinski definition) is 3. The van der Waals surface area contributed by atoms with E-state index in [-0.39, 0.29) is 5.69 Å². The van der Waals surface area contributed by atoms with Gasteiger partial charge in [0.05, 0.1) is 16.4 Å². The second-order valence-corrected chi connectivity index (χ2v) is 4.45. The number of hydrogen-bond donors (Lipinski definition) is 1. The number of nitrogens with zero attached hydrogens (tertiary/aromatic N) is 2. The first-order valence-electron chi connectivity index (χ1n) is 5.12. The zero-order valence-electron chi connectivity index (χ0n) is 9.00. The number of rotatable bonds is 2. The molecule has 0 aliphatic heterocycles. The largest absolute Gasteiger partial charge is 0.476 e. The van der Waals surface area contributed by atoms with Gasteiger partial charge in [0.25, 0.3) is 0 Å². The van der Waals surface area contributed by atoms with Crippen LogP contribution in [0.3, 0.4) is 0 Å². The smallest absolute Gasteiger partial charge is 0.356 e. The third-order valence-corrected chi connectivity index (χ3v) is 3.18. The summed E-state index contributed by atoms with van der Waals surface area (Å²) in [4.78, 5) is 15.3. The van der Waals surface area contributed by atoms with Crippen molar-refractivity contribution >= 4 is 27.4 Å². The molecule has 3 aromatic heterocycles. The Morgan fingerprint density at radius 1 is 1.33 bits per heavy atom. The molecule has 0 saturated heterocycles. The van der Waals surface area contributed by atoms with Crippen LogP contribution in [-0.2, 0) is 0 Å². The van der Waals surface area contributed by atoms with Gasteiger partial charge in [0.1, 0.15) is 0 Å². The lowest BCUT2D eigenvalue weighted by atomic mass is 10.3. The molecule has 0 aliphatic rings. The first-order valence-corrected chi connectivity index (χ1v) is 5.92. The Bertz CT molecular complexity index is 731. The first kappa shape index (κ1) is 11.0. The van der Waals surface area contributed by atoms with Gasteiger partial charge in [0.15, 0.2) is 17.3 Å². The molecule has 0 aromatic carbocycles. The number of carbonyl (C=O) groups is 1. The number of fused-ring (bicyclic) bond motifs is 1. The van der Waals surface area contributed by atoms with Crippen molar-refractivity contribution in [3.63, 3.8) is 0 Å². The summed E-state index contributed by atoms with van der Waals surface area (Å²) in [5.41, 5.74) is 0.519. The maximum Gasteiger partial charge on any atom is 0.356 e. The molecule has 6 heteroatoms. The molecular formula is C12H7BrN2O3. The average molecular weight is 307 g/mol. The van der Waals surface area contributed by atoms with Crippen LogP contribution < -0.4 is 0 Å². The van der Waals surface area contributed by atoms with Gasteiger partial charge in [-0.05, 0) is 40.2 Å². The number of carboxylic acids is 1. The van der Waals surface area contributed by atoms with Crippen molar-refractivity contribution in [1.29, 1.82) is 0 Å². The molecule has 3 aromatic rings. The molecule has 0 amide bonds. The fourth-order valence-corrected chi connectivity index (χ4v) is 2.34. The van der Waals surface area contributed by atoms with Gasteiger partial charge in [-0.15, -0.1) is 0 Å². The van der Waals surface area contributed by atoms with Crippen molar-refractivity contribution < 1.29 is 14.3 Å². The zero-order valence-corrected chi connectivity index (χ0v) is 10.6. The minimum Gasteiger partial charge on any atom is -0.476 e. The highest BCUT2D eigenvalue weighted by Gasteiger charge is 2.20. The summed E-state index contributed by atoms with van der Waals surface area (Å²) in [5, 5.41) is 9.16. The Morgan fingerprint density at radius 3 is 2.83 bits per heavy atom. The predicted octanol–water partition coefficient (Wildman–Crippen LogP) is 3.06. The van der Waals surface area contributed by atoms with Crippen LogP contribution >= 0.6 is 15.9 Å². The summed E-state index contributed by atoms with van der Waals surface area (Å²) in [7, 11) is 0. The molecule has 0 saturated carbocycles. The molecule has 0 spiro atoms. The van der Waals surface area contributed by atoms with E-state index >= 15 is 0 Å². The number of furan rings is 1.